The van der Waals surface area contributed by atoms with Crippen LogP contribution in [0.25, 0.3) is 0 Å². The summed E-state index contributed by atoms with van der Waals surface area (Å²) >= 11 is 5.09. The zero-order chi connectivity index (χ0) is 12.3. The van der Waals surface area contributed by atoms with Gasteiger partial charge in [-0.05, 0) is 47.3 Å². The van der Waals surface area contributed by atoms with Crippen LogP contribution in [0.3, 0.4) is 0 Å². The minimum Gasteiger partial charge on any atom is -0.391 e. The highest BCUT2D eigenvalue weighted by Crippen LogP contribution is 2.23. The minimum absolute atomic E-state index is 0.160. The minimum atomic E-state index is -0.330. The van der Waals surface area contributed by atoms with Gasteiger partial charge in [0.15, 0.2) is 0 Å². The molecule has 1 aliphatic rings. The molecule has 1 atom stereocenters. The first-order chi connectivity index (χ1) is 8.15. The lowest BCUT2D eigenvalue weighted by Crippen LogP contribution is -2.42. The van der Waals surface area contributed by atoms with Gasteiger partial charge >= 0.3 is 0 Å². The van der Waals surface area contributed by atoms with Gasteiger partial charge in [0.2, 0.25) is 5.91 Å². The Morgan fingerprint density at radius 1 is 1.59 bits per heavy atom. The van der Waals surface area contributed by atoms with Gasteiger partial charge in [0.25, 0.3) is 0 Å². The molecule has 0 aliphatic carbocycles. The van der Waals surface area contributed by atoms with Gasteiger partial charge in [0.1, 0.15) is 0 Å². The third kappa shape index (κ3) is 3.79. The lowest BCUT2D eigenvalue weighted by Gasteiger charge is -2.30. The van der Waals surface area contributed by atoms with Crippen molar-refractivity contribution in [1.82, 2.24) is 4.90 Å². The zero-order valence-electron chi connectivity index (χ0n) is 9.56. The second kappa shape index (κ2) is 5.98. The fraction of sp³-hybridized carbons (Fsp3) is 0.583. The Labute approximate surface area is 114 Å². The molecular formula is C12H16BrNO2S. The van der Waals surface area contributed by atoms with Gasteiger partial charge in [-0.3, -0.25) is 4.79 Å². The van der Waals surface area contributed by atoms with E-state index in [0.717, 1.165) is 29.6 Å². The van der Waals surface area contributed by atoms with E-state index in [-0.39, 0.29) is 12.0 Å². The number of nitrogens with zero attached hydrogens (tertiary/aromatic N) is 1. The monoisotopic (exact) mass is 317 g/mol. The van der Waals surface area contributed by atoms with E-state index in [4.69, 9.17) is 0 Å². The zero-order valence-corrected chi connectivity index (χ0v) is 12.0. The summed E-state index contributed by atoms with van der Waals surface area (Å²) in [5, 5.41) is 9.52. The van der Waals surface area contributed by atoms with Crippen LogP contribution in [-0.2, 0) is 11.2 Å². The second-order valence-corrected chi connectivity index (χ2v) is 6.89. The first-order valence-corrected chi connectivity index (χ1v) is 7.46. The third-order valence-electron chi connectivity index (χ3n) is 2.96. The predicted molar refractivity (Wildman–Crippen MR) is 72.2 cm³/mol. The number of aliphatic hydroxyl groups excluding tert-OH is 1. The molecule has 17 heavy (non-hydrogen) atoms. The Bertz CT molecular complexity index is 394. The fourth-order valence-corrected chi connectivity index (χ4v) is 3.54. The molecule has 94 valence electrons. The van der Waals surface area contributed by atoms with Crippen LogP contribution in [0, 0.1) is 0 Å². The van der Waals surface area contributed by atoms with E-state index in [9.17, 15) is 9.90 Å². The largest absolute Gasteiger partial charge is 0.391 e. The van der Waals surface area contributed by atoms with Crippen molar-refractivity contribution >= 4 is 33.2 Å². The summed E-state index contributed by atoms with van der Waals surface area (Å²) in [6.45, 7) is 1.30. The summed E-state index contributed by atoms with van der Waals surface area (Å²) in [7, 11) is 0. The number of aryl methyl sites for hydroxylation is 1. The molecule has 0 spiro atoms. The Kier molecular flexibility index (Phi) is 4.59. The molecule has 1 unspecified atom stereocenters. The Hall–Kier alpha value is -0.390. The lowest BCUT2D eigenvalue weighted by molar-refractivity contribution is -0.134. The number of hydrogen-bond donors (Lipinski definition) is 1. The van der Waals surface area contributed by atoms with Gasteiger partial charge in [0.05, 0.1) is 9.89 Å². The Morgan fingerprint density at radius 3 is 3.06 bits per heavy atom. The predicted octanol–water partition coefficient (Wildman–Crippen LogP) is 2.43. The molecule has 1 amide bonds. The number of carbonyl (C=O) groups is 1. The van der Waals surface area contributed by atoms with Crippen LogP contribution in [0.15, 0.2) is 15.9 Å². The summed E-state index contributed by atoms with van der Waals surface area (Å²) in [4.78, 5) is 14.9. The number of piperidine rings is 1. The van der Waals surface area contributed by atoms with E-state index in [2.05, 4.69) is 15.9 Å². The van der Waals surface area contributed by atoms with Crippen molar-refractivity contribution in [1.29, 1.82) is 0 Å². The Balaban J connectivity index is 1.80. The highest BCUT2D eigenvalue weighted by Gasteiger charge is 2.21. The second-order valence-electron chi connectivity index (χ2n) is 4.34. The summed E-state index contributed by atoms with van der Waals surface area (Å²) < 4.78 is 1.10. The van der Waals surface area contributed by atoms with Gasteiger partial charge in [-0.15, -0.1) is 11.3 Å². The van der Waals surface area contributed by atoms with Crippen LogP contribution in [0.5, 0.6) is 0 Å². The standard InChI is InChI=1S/C12H16BrNO2S/c13-11-5-3-10(17-11)4-6-12(16)14-7-1-2-9(15)8-14/h3,5,9,15H,1-2,4,6-8H2. The van der Waals surface area contributed by atoms with Gasteiger partial charge in [0, 0.05) is 24.4 Å². The maximum Gasteiger partial charge on any atom is 0.223 e. The highest BCUT2D eigenvalue weighted by molar-refractivity contribution is 9.11. The maximum absolute atomic E-state index is 11.9. The number of carbonyl (C=O) groups excluding carboxylic acids is 1. The number of rotatable bonds is 3. The summed E-state index contributed by atoms with van der Waals surface area (Å²) in [6.07, 6.45) is 2.74. The normalized spacial score (nSPS) is 20.6. The average molecular weight is 318 g/mol. The van der Waals surface area contributed by atoms with E-state index in [0.29, 0.717) is 13.0 Å². The fourth-order valence-electron chi connectivity index (χ4n) is 2.06. The molecule has 3 nitrogen and oxygen atoms in total. The molecule has 1 fully saturated rings. The van der Waals surface area contributed by atoms with Gasteiger partial charge in [-0.2, -0.15) is 0 Å². The van der Waals surface area contributed by atoms with Gasteiger partial charge in [-0.1, -0.05) is 0 Å². The van der Waals surface area contributed by atoms with Crippen LogP contribution in [0.1, 0.15) is 24.1 Å². The van der Waals surface area contributed by atoms with Crippen molar-refractivity contribution < 1.29 is 9.90 Å². The molecule has 1 aromatic heterocycles. The van der Waals surface area contributed by atoms with Crippen molar-refractivity contribution in [3.63, 3.8) is 0 Å². The quantitative estimate of drug-likeness (QED) is 0.930. The first kappa shape index (κ1) is 13.1. The lowest BCUT2D eigenvalue weighted by atomic mass is 10.1. The van der Waals surface area contributed by atoms with Crippen molar-refractivity contribution in [3.05, 3.63) is 20.8 Å². The topological polar surface area (TPSA) is 40.5 Å². The van der Waals surface area contributed by atoms with Gasteiger partial charge < -0.3 is 10.0 Å². The van der Waals surface area contributed by atoms with Crippen molar-refractivity contribution in [2.75, 3.05) is 13.1 Å². The molecule has 2 heterocycles. The molecule has 1 aromatic rings. The number of β-amino-alcohol motifs (C(OH)–C–C–N with tert-alkyl or cyclic N) is 1. The highest BCUT2D eigenvalue weighted by atomic mass is 79.9. The van der Waals surface area contributed by atoms with E-state index < -0.39 is 0 Å². The van der Waals surface area contributed by atoms with E-state index >= 15 is 0 Å². The van der Waals surface area contributed by atoms with E-state index in [1.165, 1.54) is 4.88 Å². The molecule has 0 aromatic carbocycles. The van der Waals surface area contributed by atoms with E-state index in [1.807, 2.05) is 12.1 Å². The first-order valence-electron chi connectivity index (χ1n) is 5.85. The summed E-state index contributed by atoms with van der Waals surface area (Å²) in [6, 6.07) is 4.06. The smallest absolute Gasteiger partial charge is 0.223 e. The third-order valence-corrected chi connectivity index (χ3v) is 4.65. The van der Waals surface area contributed by atoms with Crippen LogP contribution in [0.2, 0.25) is 0 Å². The molecule has 1 N–H and O–H groups in total. The van der Waals surface area contributed by atoms with Crippen LogP contribution >= 0.6 is 27.3 Å². The van der Waals surface area contributed by atoms with Crippen LogP contribution < -0.4 is 0 Å². The molecule has 0 saturated carbocycles. The van der Waals surface area contributed by atoms with E-state index in [1.54, 1.807) is 16.2 Å². The molecule has 0 bridgehead atoms. The number of likely N-dealkylation sites (tertiary alicyclic amines) is 1. The molecule has 1 saturated heterocycles. The van der Waals surface area contributed by atoms with Crippen molar-refractivity contribution in [2.45, 2.75) is 31.8 Å². The van der Waals surface area contributed by atoms with Crippen LogP contribution in [0.4, 0.5) is 0 Å². The van der Waals surface area contributed by atoms with Crippen molar-refractivity contribution in [3.8, 4) is 0 Å². The molecule has 0 radical (unpaired) electrons. The summed E-state index contributed by atoms with van der Waals surface area (Å²) in [5.74, 6) is 0.160. The number of aliphatic hydroxyl groups is 1. The number of thiophene rings is 1. The molecular weight excluding hydrogens is 302 g/mol. The number of hydrogen-bond acceptors (Lipinski definition) is 3. The van der Waals surface area contributed by atoms with Crippen LogP contribution in [-0.4, -0.2) is 35.1 Å². The maximum atomic E-state index is 11.9. The molecule has 5 heteroatoms. The number of halogens is 1. The molecule has 2 rings (SSSR count). The average Bonchev–Trinajstić information content (AvgIpc) is 2.72. The number of amides is 1. The molecule has 1 aliphatic heterocycles. The van der Waals surface area contributed by atoms with Gasteiger partial charge in [-0.25, -0.2) is 0 Å². The SMILES string of the molecule is O=C(CCc1ccc(Br)s1)N1CCCC(O)C1. The van der Waals surface area contributed by atoms with Crippen molar-refractivity contribution in [2.24, 2.45) is 0 Å². The summed E-state index contributed by atoms with van der Waals surface area (Å²) in [5.41, 5.74) is 0. The Morgan fingerprint density at radius 2 is 2.41 bits per heavy atom.